The molecule has 0 saturated heterocycles. The van der Waals surface area contributed by atoms with Gasteiger partial charge in [0.15, 0.2) is 0 Å². The van der Waals surface area contributed by atoms with E-state index < -0.39 is 0 Å². The number of aryl methyl sites for hydroxylation is 1. The summed E-state index contributed by atoms with van der Waals surface area (Å²) < 4.78 is 1.73. The second kappa shape index (κ2) is 6.81. The summed E-state index contributed by atoms with van der Waals surface area (Å²) in [5, 5.41) is 4.79. The minimum atomic E-state index is 0.0915. The third-order valence-corrected chi connectivity index (χ3v) is 4.03. The van der Waals surface area contributed by atoms with Crippen LogP contribution in [0.25, 0.3) is 0 Å². The average molecular weight is 310 g/mol. The van der Waals surface area contributed by atoms with E-state index in [1.54, 1.807) is 22.8 Å². The predicted octanol–water partition coefficient (Wildman–Crippen LogP) is 2.82. The number of rotatable bonds is 5. The van der Waals surface area contributed by atoms with E-state index in [9.17, 15) is 4.79 Å². The summed E-state index contributed by atoms with van der Waals surface area (Å²) in [6.45, 7) is 0.577. The van der Waals surface area contributed by atoms with Crippen LogP contribution in [0.1, 0.15) is 5.56 Å². The van der Waals surface area contributed by atoms with Gasteiger partial charge < -0.3 is 4.90 Å². The molecular weight excluding hydrogens is 294 g/mol. The highest BCUT2D eigenvalue weighted by Crippen LogP contribution is 2.20. The molecule has 4 nitrogen and oxygen atoms in total. The smallest absolute Gasteiger partial charge is 0.232 e. The topological polar surface area (TPSA) is 38.1 Å². The van der Waals surface area contributed by atoms with Gasteiger partial charge in [-0.2, -0.15) is 5.10 Å². The van der Waals surface area contributed by atoms with Crippen LogP contribution in [0.2, 0.25) is 5.02 Å². The van der Waals surface area contributed by atoms with E-state index >= 15 is 0 Å². The minimum absolute atomic E-state index is 0.0915. The summed E-state index contributed by atoms with van der Waals surface area (Å²) in [7, 11) is 3.67. The molecule has 20 heavy (non-hydrogen) atoms. The van der Waals surface area contributed by atoms with Gasteiger partial charge in [-0.3, -0.25) is 9.48 Å². The number of aromatic nitrogens is 2. The van der Waals surface area contributed by atoms with E-state index in [1.165, 1.54) is 11.8 Å². The SMILES string of the molecule is CN(Cc1cnn(C)c1)C(=O)CSc1ccc(Cl)cc1. The van der Waals surface area contributed by atoms with Crippen LogP contribution in [0.4, 0.5) is 0 Å². The number of carbonyl (C=O) groups is 1. The first-order valence-corrected chi connectivity index (χ1v) is 7.51. The van der Waals surface area contributed by atoms with Crippen LogP contribution in [-0.2, 0) is 18.4 Å². The lowest BCUT2D eigenvalue weighted by Crippen LogP contribution is -2.27. The molecule has 1 aromatic heterocycles. The van der Waals surface area contributed by atoms with Crippen LogP contribution in [0.3, 0.4) is 0 Å². The number of hydrogen-bond donors (Lipinski definition) is 0. The molecule has 0 aliphatic carbocycles. The fourth-order valence-corrected chi connectivity index (χ4v) is 2.67. The van der Waals surface area contributed by atoms with Gasteiger partial charge in [-0.15, -0.1) is 11.8 Å². The molecule has 0 bridgehead atoms. The van der Waals surface area contributed by atoms with E-state index in [4.69, 9.17) is 11.6 Å². The molecule has 1 aromatic carbocycles. The molecule has 0 unspecified atom stereocenters. The van der Waals surface area contributed by atoms with Crippen LogP contribution >= 0.6 is 23.4 Å². The molecule has 0 fully saturated rings. The molecule has 1 heterocycles. The summed E-state index contributed by atoms with van der Waals surface area (Å²) in [6.07, 6.45) is 3.69. The normalized spacial score (nSPS) is 10.6. The highest BCUT2D eigenvalue weighted by atomic mass is 35.5. The van der Waals surface area contributed by atoms with Gasteiger partial charge in [0, 0.05) is 42.3 Å². The van der Waals surface area contributed by atoms with Crippen LogP contribution in [0.5, 0.6) is 0 Å². The van der Waals surface area contributed by atoms with Crippen molar-refractivity contribution in [1.29, 1.82) is 0 Å². The molecule has 0 radical (unpaired) electrons. The van der Waals surface area contributed by atoms with Gasteiger partial charge in [-0.1, -0.05) is 11.6 Å². The Labute approximate surface area is 127 Å². The highest BCUT2D eigenvalue weighted by molar-refractivity contribution is 8.00. The number of thioether (sulfide) groups is 1. The lowest BCUT2D eigenvalue weighted by molar-refractivity contribution is -0.127. The second-order valence-electron chi connectivity index (χ2n) is 4.51. The van der Waals surface area contributed by atoms with Crippen LogP contribution in [0, 0.1) is 0 Å². The molecular formula is C14H16ClN3OS. The Bertz CT molecular complexity index is 582. The van der Waals surface area contributed by atoms with Crippen molar-refractivity contribution in [1.82, 2.24) is 14.7 Å². The van der Waals surface area contributed by atoms with Crippen molar-refractivity contribution in [3.05, 3.63) is 47.2 Å². The quantitative estimate of drug-likeness (QED) is 0.797. The Balaban J connectivity index is 1.83. The molecule has 0 aliphatic heterocycles. The van der Waals surface area contributed by atoms with Crippen molar-refractivity contribution >= 4 is 29.3 Å². The lowest BCUT2D eigenvalue weighted by atomic mass is 10.3. The van der Waals surface area contributed by atoms with Gasteiger partial charge in [0.25, 0.3) is 0 Å². The van der Waals surface area contributed by atoms with Crippen molar-refractivity contribution in [2.45, 2.75) is 11.4 Å². The van der Waals surface area contributed by atoms with E-state index in [2.05, 4.69) is 5.10 Å². The molecule has 0 aliphatic rings. The van der Waals surface area contributed by atoms with Crippen LogP contribution in [0.15, 0.2) is 41.6 Å². The Morgan fingerprint density at radius 3 is 2.70 bits per heavy atom. The van der Waals surface area contributed by atoms with Crippen molar-refractivity contribution in [2.24, 2.45) is 7.05 Å². The number of benzene rings is 1. The third kappa shape index (κ3) is 4.28. The Hall–Kier alpha value is -1.46. The second-order valence-corrected chi connectivity index (χ2v) is 6.00. The molecule has 1 amide bonds. The Kier molecular flexibility index (Phi) is 5.09. The molecule has 0 N–H and O–H groups in total. The van der Waals surface area contributed by atoms with Crippen molar-refractivity contribution in [3.8, 4) is 0 Å². The Morgan fingerprint density at radius 2 is 2.10 bits per heavy atom. The maximum Gasteiger partial charge on any atom is 0.232 e. The molecule has 2 aromatic rings. The number of halogens is 1. The molecule has 106 valence electrons. The number of amides is 1. The molecule has 0 saturated carbocycles. The van der Waals surface area contributed by atoms with E-state index in [-0.39, 0.29) is 5.91 Å². The third-order valence-electron chi connectivity index (χ3n) is 2.78. The summed E-state index contributed by atoms with van der Waals surface area (Å²) in [5.74, 6) is 0.507. The fraction of sp³-hybridized carbons (Fsp3) is 0.286. The Morgan fingerprint density at radius 1 is 1.40 bits per heavy atom. The van der Waals surface area contributed by atoms with Gasteiger partial charge in [-0.25, -0.2) is 0 Å². The van der Waals surface area contributed by atoms with Crippen LogP contribution < -0.4 is 0 Å². The van der Waals surface area contributed by atoms with Gasteiger partial charge >= 0.3 is 0 Å². The zero-order valence-electron chi connectivity index (χ0n) is 11.4. The molecule has 6 heteroatoms. The standard InChI is InChI=1S/C14H16ClN3OS/c1-17(8-11-7-16-18(2)9-11)14(19)10-20-13-5-3-12(15)4-6-13/h3-7,9H,8,10H2,1-2H3. The largest absolute Gasteiger partial charge is 0.341 e. The first-order valence-electron chi connectivity index (χ1n) is 6.14. The van der Waals surface area contributed by atoms with E-state index in [1.807, 2.05) is 37.5 Å². The van der Waals surface area contributed by atoms with Gasteiger partial charge in [0.05, 0.1) is 11.9 Å². The maximum atomic E-state index is 12.0. The van der Waals surface area contributed by atoms with Gasteiger partial charge in [0.1, 0.15) is 0 Å². The molecule has 2 rings (SSSR count). The summed E-state index contributed by atoms with van der Waals surface area (Å²) >= 11 is 7.34. The van der Waals surface area contributed by atoms with Crippen molar-refractivity contribution in [2.75, 3.05) is 12.8 Å². The zero-order valence-corrected chi connectivity index (χ0v) is 13.0. The lowest BCUT2D eigenvalue weighted by Gasteiger charge is -2.15. The first-order chi connectivity index (χ1) is 9.54. The monoisotopic (exact) mass is 309 g/mol. The predicted molar refractivity (Wildman–Crippen MR) is 81.9 cm³/mol. The van der Waals surface area contributed by atoms with Gasteiger partial charge in [-0.05, 0) is 24.3 Å². The summed E-state index contributed by atoms with van der Waals surface area (Å²) in [4.78, 5) is 14.8. The minimum Gasteiger partial charge on any atom is -0.341 e. The average Bonchev–Trinajstić information content (AvgIpc) is 2.83. The van der Waals surface area contributed by atoms with E-state index in [0.717, 1.165) is 10.5 Å². The molecule has 0 atom stereocenters. The van der Waals surface area contributed by atoms with Gasteiger partial charge in [0.2, 0.25) is 5.91 Å². The fourth-order valence-electron chi connectivity index (χ4n) is 1.70. The first kappa shape index (κ1) is 14.9. The highest BCUT2D eigenvalue weighted by Gasteiger charge is 2.10. The number of hydrogen-bond acceptors (Lipinski definition) is 3. The van der Waals surface area contributed by atoms with Crippen molar-refractivity contribution < 1.29 is 4.79 Å². The summed E-state index contributed by atoms with van der Waals surface area (Å²) in [5.41, 5.74) is 1.03. The maximum absolute atomic E-state index is 12.0. The van der Waals surface area contributed by atoms with E-state index in [0.29, 0.717) is 17.3 Å². The van der Waals surface area contributed by atoms with Crippen LogP contribution in [-0.4, -0.2) is 33.4 Å². The van der Waals surface area contributed by atoms with Crippen molar-refractivity contribution in [3.63, 3.8) is 0 Å². The zero-order chi connectivity index (χ0) is 14.5. The number of carbonyl (C=O) groups excluding carboxylic acids is 1. The molecule has 0 spiro atoms. The number of nitrogens with zero attached hydrogens (tertiary/aromatic N) is 3. The summed E-state index contributed by atoms with van der Waals surface area (Å²) in [6, 6.07) is 7.49.